The highest BCUT2D eigenvalue weighted by atomic mass is 32.2. The Morgan fingerprint density at radius 1 is 1.62 bits per heavy atom. The van der Waals surface area contributed by atoms with E-state index >= 15 is 0 Å². The Morgan fingerprint density at radius 2 is 2.38 bits per heavy atom. The highest BCUT2D eigenvalue weighted by Gasteiger charge is 2.28. The van der Waals surface area contributed by atoms with Crippen molar-refractivity contribution in [2.45, 2.75) is 43.6 Å². The summed E-state index contributed by atoms with van der Waals surface area (Å²) in [5.41, 5.74) is 5.37. The first-order valence-electron chi connectivity index (χ1n) is 6.55. The first-order chi connectivity index (χ1) is 9.97. The van der Waals surface area contributed by atoms with E-state index in [1.807, 2.05) is 13.8 Å². The molecule has 3 unspecified atom stereocenters. The molecule has 1 saturated heterocycles. The summed E-state index contributed by atoms with van der Waals surface area (Å²) in [5.74, 6) is -0.275. The van der Waals surface area contributed by atoms with Crippen LogP contribution in [0, 0.1) is 6.92 Å². The molecule has 8 nitrogen and oxygen atoms in total. The molecule has 0 aromatic carbocycles. The third-order valence-electron chi connectivity index (χ3n) is 2.78. The lowest BCUT2D eigenvalue weighted by Gasteiger charge is -2.30. The number of carbonyl (C=O) groups is 2. The molecule has 21 heavy (non-hydrogen) atoms. The van der Waals surface area contributed by atoms with Gasteiger partial charge in [0.25, 0.3) is 0 Å². The van der Waals surface area contributed by atoms with E-state index in [-0.39, 0.29) is 35.1 Å². The van der Waals surface area contributed by atoms with Gasteiger partial charge in [0.1, 0.15) is 10.5 Å². The Labute approximate surface area is 130 Å². The Morgan fingerprint density at radius 3 is 2.95 bits per heavy atom. The summed E-state index contributed by atoms with van der Waals surface area (Å²) in [6.45, 7) is 3.73. The van der Waals surface area contributed by atoms with Crippen LogP contribution in [0.1, 0.15) is 24.8 Å². The van der Waals surface area contributed by atoms with Gasteiger partial charge in [0.05, 0.1) is 17.8 Å². The first-order valence-corrected chi connectivity index (χ1v) is 8.31. The summed E-state index contributed by atoms with van der Waals surface area (Å²) >= 11 is 2.65. The number of carbonyl (C=O) groups excluding carboxylic acids is 2. The second-order valence-electron chi connectivity index (χ2n) is 4.57. The summed E-state index contributed by atoms with van der Waals surface area (Å²) in [6, 6.07) is 0. The second kappa shape index (κ2) is 7.16. The topological polar surface area (TPSA) is 122 Å². The lowest BCUT2D eigenvalue weighted by atomic mass is 10.3. The molecule has 0 bridgehead atoms. The normalized spacial score (nSPS) is 23.5. The number of aryl methyl sites for hydroxylation is 1. The SMILES string of the molecule is CCC(SC1NC(=O)CC(N)N1)C(=O)Nc1nnc(C)s1. The lowest BCUT2D eigenvalue weighted by molar-refractivity contribution is -0.123. The molecule has 2 heterocycles. The molecule has 0 radical (unpaired) electrons. The fourth-order valence-corrected chi connectivity index (χ4v) is 3.56. The van der Waals surface area contributed by atoms with E-state index in [1.165, 1.54) is 23.1 Å². The van der Waals surface area contributed by atoms with E-state index in [1.54, 1.807) is 0 Å². The third-order valence-corrected chi connectivity index (χ3v) is 4.94. The maximum Gasteiger partial charge on any atom is 0.239 e. The van der Waals surface area contributed by atoms with Crippen molar-refractivity contribution >= 4 is 40.0 Å². The van der Waals surface area contributed by atoms with Crippen molar-refractivity contribution in [1.29, 1.82) is 0 Å². The summed E-state index contributed by atoms with van der Waals surface area (Å²) in [5, 5.41) is 17.2. The molecule has 3 atom stereocenters. The highest BCUT2D eigenvalue weighted by molar-refractivity contribution is 8.01. The maximum atomic E-state index is 12.2. The molecule has 10 heteroatoms. The van der Waals surface area contributed by atoms with Crippen LogP contribution in [0.4, 0.5) is 5.13 Å². The van der Waals surface area contributed by atoms with E-state index in [4.69, 9.17) is 5.73 Å². The largest absolute Gasteiger partial charge is 0.332 e. The molecular weight excluding hydrogens is 312 g/mol. The van der Waals surface area contributed by atoms with Crippen LogP contribution < -0.4 is 21.7 Å². The molecule has 1 aliphatic rings. The third kappa shape index (κ3) is 4.63. The van der Waals surface area contributed by atoms with Crippen LogP contribution in [0.25, 0.3) is 0 Å². The van der Waals surface area contributed by atoms with Gasteiger partial charge in [-0.1, -0.05) is 18.3 Å². The number of amides is 2. The van der Waals surface area contributed by atoms with Crippen molar-refractivity contribution in [3.05, 3.63) is 5.01 Å². The van der Waals surface area contributed by atoms with Crippen LogP contribution in [-0.2, 0) is 9.59 Å². The van der Waals surface area contributed by atoms with E-state index < -0.39 is 0 Å². The standard InChI is InChI=1S/C11H18N6O2S2/c1-3-6(9(19)15-11-17-16-5(2)20-11)21-10-13-7(12)4-8(18)14-10/h6-7,10,13H,3-4,12H2,1-2H3,(H,14,18)(H,15,17,19). The van der Waals surface area contributed by atoms with Crippen molar-refractivity contribution in [2.75, 3.05) is 5.32 Å². The van der Waals surface area contributed by atoms with Crippen LogP contribution in [0.3, 0.4) is 0 Å². The van der Waals surface area contributed by atoms with E-state index in [0.717, 1.165) is 5.01 Å². The van der Waals surface area contributed by atoms with E-state index in [2.05, 4.69) is 26.1 Å². The van der Waals surface area contributed by atoms with Gasteiger partial charge >= 0.3 is 0 Å². The van der Waals surface area contributed by atoms with Crippen molar-refractivity contribution < 1.29 is 9.59 Å². The van der Waals surface area contributed by atoms with E-state index in [9.17, 15) is 9.59 Å². The summed E-state index contributed by atoms with van der Waals surface area (Å²) in [6.07, 6.45) is 0.476. The molecule has 2 rings (SSSR count). The summed E-state index contributed by atoms with van der Waals surface area (Å²) in [7, 11) is 0. The maximum absolute atomic E-state index is 12.2. The zero-order valence-electron chi connectivity index (χ0n) is 11.8. The Hall–Kier alpha value is -1.23. The van der Waals surface area contributed by atoms with Gasteiger partial charge in [0.15, 0.2) is 0 Å². The van der Waals surface area contributed by atoms with Gasteiger partial charge in [-0.2, -0.15) is 0 Å². The molecule has 0 saturated carbocycles. The van der Waals surface area contributed by atoms with Crippen LogP contribution >= 0.6 is 23.1 Å². The van der Waals surface area contributed by atoms with Crippen LogP contribution in [-0.4, -0.2) is 38.9 Å². The number of hydrogen-bond acceptors (Lipinski definition) is 8. The van der Waals surface area contributed by atoms with E-state index in [0.29, 0.717) is 11.6 Å². The molecule has 116 valence electrons. The van der Waals surface area contributed by atoms with Gasteiger partial charge in [-0.05, 0) is 13.3 Å². The average Bonchev–Trinajstić information content (AvgIpc) is 2.80. The fraction of sp³-hybridized carbons (Fsp3) is 0.636. The van der Waals surface area contributed by atoms with Gasteiger partial charge in [-0.15, -0.1) is 22.0 Å². The molecular formula is C11H18N6O2S2. The zero-order valence-corrected chi connectivity index (χ0v) is 13.4. The number of hydrogen-bond donors (Lipinski definition) is 4. The number of anilines is 1. The monoisotopic (exact) mass is 330 g/mol. The molecule has 0 spiro atoms. The molecule has 1 fully saturated rings. The number of rotatable bonds is 5. The van der Waals surface area contributed by atoms with Gasteiger partial charge in [-0.3, -0.25) is 20.2 Å². The smallest absolute Gasteiger partial charge is 0.239 e. The number of nitrogens with zero attached hydrogens (tertiary/aromatic N) is 2. The predicted octanol–water partition coefficient (Wildman–Crippen LogP) is -0.0253. The fourth-order valence-electron chi connectivity index (χ4n) is 1.81. The number of nitrogens with two attached hydrogens (primary N) is 1. The summed E-state index contributed by atoms with van der Waals surface area (Å²) < 4.78 is 0. The minimum absolute atomic E-state index is 0.117. The quantitative estimate of drug-likeness (QED) is 0.598. The van der Waals surface area contributed by atoms with Crippen LogP contribution in [0.2, 0.25) is 0 Å². The second-order valence-corrected chi connectivity index (χ2v) is 7.07. The molecule has 0 aliphatic carbocycles. The average molecular weight is 330 g/mol. The van der Waals surface area contributed by atoms with Crippen molar-refractivity contribution in [3.63, 3.8) is 0 Å². The van der Waals surface area contributed by atoms with Crippen molar-refractivity contribution in [1.82, 2.24) is 20.8 Å². The number of aromatic nitrogens is 2. The Balaban J connectivity index is 1.92. The highest BCUT2D eigenvalue weighted by Crippen LogP contribution is 2.22. The first kappa shape index (κ1) is 16.1. The molecule has 1 aromatic heterocycles. The van der Waals surface area contributed by atoms with Gasteiger partial charge < -0.3 is 11.1 Å². The molecule has 1 aliphatic heterocycles. The number of thioether (sulfide) groups is 1. The van der Waals surface area contributed by atoms with Crippen LogP contribution in [0.5, 0.6) is 0 Å². The van der Waals surface area contributed by atoms with Crippen LogP contribution in [0.15, 0.2) is 0 Å². The number of nitrogens with one attached hydrogen (secondary N) is 3. The zero-order chi connectivity index (χ0) is 15.4. The van der Waals surface area contributed by atoms with Gasteiger partial charge in [-0.25, -0.2) is 0 Å². The minimum atomic E-state index is -0.386. The van der Waals surface area contributed by atoms with Crippen molar-refractivity contribution in [2.24, 2.45) is 5.73 Å². The summed E-state index contributed by atoms with van der Waals surface area (Å²) in [4.78, 5) is 23.7. The van der Waals surface area contributed by atoms with Gasteiger partial charge in [0.2, 0.25) is 16.9 Å². The van der Waals surface area contributed by atoms with Crippen molar-refractivity contribution in [3.8, 4) is 0 Å². The lowest BCUT2D eigenvalue weighted by Crippen LogP contribution is -2.58. The molecule has 1 aromatic rings. The minimum Gasteiger partial charge on any atom is -0.332 e. The van der Waals surface area contributed by atoms with Gasteiger partial charge in [0, 0.05) is 0 Å². The molecule has 5 N–H and O–H groups in total. The predicted molar refractivity (Wildman–Crippen MR) is 82.6 cm³/mol. The Bertz CT molecular complexity index is 523. The molecule has 2 amide bonds. The Kier molecular flexibility index (Phi) is 5.51.